The average Bonchev–Trinajstić information content (AvgIpc) is 2.76. The maximum absolute atomic E-state index is 14.8. The van der Waals surface area contributed by atoms with Gasteiger partial charge in [0.2, 0.25) is 0 Å². The van der Waals surface area contributed by atoms with Crippen molar-refractivity contribution in [3.63, 3.8) is 0 Å². The van der Waals surface area contributed by atoms with Gasteiger partial charge in [-0.15, -0.1) is 0 Å². The van der Waals surface area contributed by atoms with Gasteiger partial charge in [0.25, 0.3) is 0 Å². The van der Waals surface area contributed by atoms with Crippen LogP contribution >= 0.6 is 0 Å². The molecule has 2 atom stereocenters. The maximum atomic E-state index is 14.8. The van der Waals surface area contributed by atoms with Crippen molar-refractivity contribution >= 4 is 12.1 Å². The fourth-order valence-corrected chi connectivity index (χ4v) is 3.85. The molecule has 0 radical (unpaired) electrons. The molecule has 1 unspecified atom stereocenters. The van der Waals surface area contributed by atoms with Gasteiger partial charge in [-0.2, -0.15) is 8.78 Å². The van der Waals surface area contributed by atoms with Crippen LogP contribution in [0, 0.1) is 13.8 Å². The number of carboxylic acid groups (broad SMARTS) is 1. The Kier molecular flexibility index (Phi) is 7.48. The van der Waals surface area contributed by atoms with Crippen LogP contribution in [-0.4, -0.2) is 52.5 Å². The number of hydrogen-bond donors (Lipinski definition) is 2. The van der Waals surface area contributed by atoms with Gasteiger partial charge in [0, 0.05) is 18.5 Å². The van der Waals surface area contributed by atoms with Crippen LogP contribution in [0.3, 0.4) is 0 Å². The molecule has 2 aromatic rings. The Balaban J connectivity index is 1.70. The lowest BCUT2D eigenvalue weighted by molar-refractivity contribution is -0.0930. The molecule has 0 aromatic heterocycles. The second-order valence-corrected chi connectivity index (χ2v) is 8.24. The van der Waals surface area contributed by atoms with Crippen LogP contribution in [0.4, 0.5) is 13.6 Å². The number of carboxylic acids is 1. The first-order valence-electron chi connectivity index (χ1n) is 10.7. The number of nitrogens with zero attached hydrogens (tertiary/aromatic N) is 1. The third-order valence-electron chi connectivity index (χ3n) is 5.61. The molecule has 6 nitrogen and oxygen atoms in total. The highest BCUT2D eigenvalue weighted by Gasteiger charge is 2.39. The van der Waals surface area contributed by atoms with Crippen LogP contribution in [0.25, 0.3) is 0 Å². The van der Waals surface area contributed by atoms with Crippen molar-refractivity contribution < 1.29 is 33.3 Å². The van der Waals surface area contributed by atoms with E-state index in [2.05, 4.69) is 0 Å². The van der Waals surface area contributed by atoms with E-state index in [4.69, 9.17) is 9.84 Å². The standard InChI is InChI=1S/C25H27F2NO5/c1-16-13-17(2)15-20(14-16)25(26,27)22(29)8-7-21-10-12-33-24(32)28(21)11-9-18-3-5-19(6-4-18)23(30)31/h3-8,13-15,21-22,29H,9-12H2,1-2H3,(H,30,31)/t21-,22?/m0/s1. The van der Waals surface area contributed by atoms with Crippen LogP contribution in [0.2, 0.25) is 0 Å². The van der Waals surface area contributed by atoms with E-state index in [-0.39, 0.29) is 24.3 Å². The molecule has 2 N–H and O–H groups in total. The molecule has 2 aromatic carbocycles. The summed E-state index contributed by atoms with van der Waals surface area (Å²) in [5.74, 6) is -4.51. The summed E-state index contributed by atoms with van der Waals surface area (Å²) in [4.78, 5) is 24.7. The van der Waals surface area contributed by atoms with E-state index >= 15 is 0 Å². The van der Waals surface area contributed by atoms with E-state index in [1.807, 2.05) is 0 Å². The number of ether oxygens (including phenoxy) is 1. The van der Waals surface area contributed by atoms with E-state index in [0.29, 0.717) is 24.0 Å². The molecular formula is C25H27F2NO5. The third-order valence-corrected chi connectivity index (χ3v) is 5.61. The summed E-state index contributed by atoms with van der Waals surface area (Å²) < 4.78 is 34.8. The number of halogens is 2. The molecule has 0 aliphatic carbocycles. The first-order valence-corrected chi connectivity index (χ1v) is 10.7. The van der Waals surface area contributed by atoms with Crippen molar-refractivity contribution in [3.05, 3.63) is 82.4 Å². The number of rotatable bonds is 8. The third kappa shape index (κ3) is 5.96. The Bertz CT molecular complexity index is 1020. The molecule has 1 heterocycles. The highest BCUT2D eigenvalue weighted by molar-refractivity contribution is 5.87. The van der Waals surface area contributed by atoms with Crippen molar-refractivity contribution in [2.75, 3.05) is 13.2 Å². The normalized spacial score (nSPS) is 17.8. The molecule has 8 heteroatoms. The molecule has 0 spiro atoms. The van der Waals surface area contributed by atoms with E-state index in [0.717, 1.165) is 11.6 Å². The Hall–Kier alpha value is -3.26. The predicted molar refractivity (Wildman–Crippen MR) is 119 cm³/mol. The SMILES string of the molecule is Cc1cc(C)cc(C(F)(F)C(O)C=C[C@H]2CCOC(=O)N2CCc2ccc(C(=O)O)cc2)c1. The molecule has 1 saturated heterocycles. The zero-order chi connectivity index (χ0) is 24.2. The van der Waals surface area contributed by atoms with Crippen molar-refractivity contribution in [2.45, 2.75) is 44.8 Å². The molecule has 0 saturated carbocycles. The summed E-state index contributed by atoms with van der Waals surface area (Å²) in [6.07, 6.45) is 0.684. The quantitative estimate of drug-likeness (QED) is 0.569. The van der Waals surface area contributed by atoms with E-state index in [9.17, 15) is 23.5 Å². The molecule has 1 fully saturated rings. The number of alkyl halides is 2. The summed E-state index contributed by atoms with van der Waals surface area (Å²) >= 11 is 0. The average molecular weight is 459 g/mol. The lowest BCUT2D eigenvalue weighted by Gasteiger charge is -2.33. The summed E-state index contributed by atoms with van der Waals surface area (Å²) in [6, 6.07) is 10.3. The number of hydrogen-bond acceptors (Lipinski definition) is 4. The summed E-state index contributed by atoms with van der Waals surface area (Å²) in [5.41, 5.74) is 2.08. The van der Waals surface area contributed by atoms with Gasteiger partial charge < -0.3 is 19.8 Å². The van der Waals surface area contributed by atoms with Crippen LogP contribution in [-0.2, 0) is 17.1 Å². The number of aliphatic hydroxyl groups excluding tert-OH is 1. The monoisotopic (exact) mass is 459 g/mol. The second-order valence-electron chi connectivity index (χ2n) is 8.24. The molecule has 33 heavy (non-hydrogen) atoms. The number of benzene rings is 2. The minimum atomic E-state index is -3.49. The van der Waals surface area contributed by atoms with Gasteiger partial charge in [0.05, 0.1) is 18.2 Å². The number of amides is 1. The van der Waals surface area contributed by atoms with Gasteiger partial charge in [-0.3, -0.25) is 0 Å². The fourth-order valence-electron chi connectivity index (χ4n) is 3.85. The first kappa shape index (κ1) is 24.4. The Morgan fingerprint density at radius 2 is 1.85 bits per heavy atom. The minimum Gasteiger partial charge on any atom is -0.478 e. The zero-order valence-electron chi connectivity index (χ0n) is 18.5. The van der Waals surface area contributed by atoms with E-state index < -0.39 is 30.1 Å². The van der Waals surface area contributed by atoms with Gasteiger partial charge in [0.15, 0.2) is 0 Å². The zero-order valence-corrected chi connectivity index (χ0v) is 18.5. The Morgan fingerprint density at radius 1 is 1.21 bits per heavy atom. The van der Waals surface area contributed by atoms with Crippen molar-refractivity contribution in [3.8, 4) is 0 Å². The van der Waals surface area contributed by atoms with Gasteiger partial charge >= 0.3 is 18.0 Å². The molecule has 3 rings (SSSR count). The smallest absolute Gasteiger partial charge is 0.410 e. The largest absolute Gasteiger partial charge is 0.478 e. The van der Waals surface area contributed by atoms with Gasteiger partial charge in [-0.05, 0) is 50.1 Å². The summed E-state index contributed by atoms with van der Waals surface area (Å²) in [7, 11) is 0. The summed E-state index contributed by atoms with van der Waals surface area (Å²) in [6.45, 7) is 3.84. The number of cyclic esters (lactones) is 1. The number of aromatic carboxylic acids is 1. The van der Waals surface area contributed by atoms with E-state index in [1.54, 1.807) is 32.0 Å². The van der Waals surface area contributed by atoms with Crippen LogP contribution in [0.15, 0.2) is 54.6 Å². The van der Waals surface area contributed by atoms with E-state index in [1.165, 1.54) is 35.2 Å². The fraction of sp³-hybridized carbons (Fsp3) is 0.360. The first-order chi connectivity index (χ1) is 15.6. The maximum Gasteiger partial charge on any atom is 0.410 e. The van der Waals surface area contributed by atoms with Crippen LogP contribution < -0.4 is 0 Å². The lowest BCUT2D eigenvalue weighted by atomic mass is 9.97. The highest BCUT2D eigenvalue weighted by Crippen LogP contribution is 2.34. The van der Waals surface area contributed by atoms with Crippen molar-refractivity contribution in [1.29, 1.82) is 0 Å². The lowest BCUT2D eigenvalue weighted by Crippen LogP contribution is -2.45. The topological polar surface area (TPSA) is 87.1 Å². The van der Waals surface area contributed by atoms with Gasteiger partial charge in [-0.1, -0.05) is 41.5 Å². The minimum absolute atomic E-state index is 0.154. The molecule has 0 bridgehead atoms. The van der Waals surface area contributed by atoms with Crippen molar-refractivity contribution in [1.82, 2.24) is 4.90 Å². The molecule has 1 aliphatic heterocycles. The van der Waals surface area contributed by atoms with Gasteiger partial charge in [0.1, 0.15) is 6.10 Å². The Labute approximate surface area is 191 Å². The number of aliphatic hydroxyl groups is 1. The number of carbonyl (C=O) groups excluding carboxylic acids is 1. The Morgan fingerprint density at radius 3 is 2.45 bits per heavy atom. The molecular weight excluding hydrogens is 432 g/mol. The summed E-state index contributed by atoms with van der Waals surface area (Å²) in [5, 5.41) is 19.2. The van der Waals surface area contributed by atoms with Crippen molar-refractivity contribution in [2.24, 2.45) is 0 Å². The molecule has 176 valence electrons. The van der Waals surface area contributed by atoms with Crippen LogP contribution in [0.1, 0.15) is 39.0 Å². The molecule has 1 amide bonds. The second kappa shape index (κ2) is 10.1. The predicted octanol–water partition coefficient (Wildman–Crippen LogP) is 4.46. The highest BCUT2D eigenvalue weighted by atomic mass is 19.3. The van der Waals surface area contributed by atoms with Crippen LogP contribution in [0.5, 0.6) is 0 Å². The number of carbonyl (C=O) groups is 2. The molecule has 1 aliphatic rings. The van der Waals surface area contributed by atoms with Gasteiger partial charge in [-0.25, -0.2) is 9.59 Å². The number of aryl methyl sites for hydroxylation is 2.